The van der Waals surface area contributed by atoms with E-state index in [9.17, 15) is 27.5 Å². The second kappa shape index (κ2) is 7.03. The Kier molecular flexibility index (Phi) is 5.48. The average molecular weight is 404 g/mol. The zero-order valence-electron chi connectivity index (χ0n) is 15.1. The summed E-state index contributed by atoms with van der Waals surface area (Å²) in [6, 6.07) is 3.21. The number of hydrogen-bond acceptors (Lipinski definition) is 2. The lowest BCUT2D eigenvalue weighted by Crippen LogP contribution is -2.19. The van der Waals surface area contributed by atoms with Crippen LogP contribution in [0.15, 0.2) is 24.3 Å². The van der Waals surface area contributed by atoms with Gasteiger partial charge < -0.3 is 10.4 Å². The van der Waals surface area contributed by atoms with Crippen molar-refractivity contribution in [2.75, 3.05) is 5.32 Å². The molecular formula is C19H18ClF4NO2. The van der Waals surface area contributed by atoms with Gasteiger partial charge in [-0.3, -0.25) is 4.79 Å². The van der Waals surface area contributed by atoms with Crippen molar-refractivity contribution in [1.82, 2.24) is 0 Å². The number of hydrogen-bond donors (Lipinski definition) is 2. The minimum Gasteiger partial charge on any atom is -0.507 e. The molecule has 2 N–H and O–H groups in total. The number of rotatable bonds is 2. The number of anilines is 1. The first kappa shape index (κ1) is 21.0. The highest BCUT2D eigenvalue weighted by Crippen LogP contribution is 2.39. The van der Waals surface area contributed by atoms with Crippen LogP contribution in [0, 0.1) is 12.7 Å². The summed E-state index contributed by atoms with van der Waals surface area (Å²) < 4.78 is 52.4. The van der Waals surface area contributed by atoms with Gasteiger partial charge in [0.2, 0.25) is 0 Å². The van der Waals surface area contributed by atoms with E-state index < -0.39 is 34.6 Å². The van der Waals surface area contributed by atoms with Crippen LogP contribution in [0.5, 0.6) is 5.75 Å². The summed E-state index contributed by atoms with van der Waals surface area (Å²) in [6.07, 6.45) is -4.69. The van der Waals surface area contributed by atoms with E-state index in [-0.39, 0.29) is 21.9 Å². The molecule has 0 aliphatic rings. The molecule has 8 heteroatoms. The Balaban J connectivity index is 2.53. The van der Waals surface area contributed by atoms with Gasteiger partial charge in [0.25, 0.3) is 5.91 Å². The molecule has 0 aromatic heterocycles. The van der Waals surface area contributed by atoms with Crippen LogP contribution in [0.1, 0.15) is 47.8 Å². The molecule has 3 nitrogen and oxygen atoms in total. The quantitative estimate of drug-likeness (QED) is 0.598. The second-order valence-electron chi connectivity index (χ2n) is 7.15. The van der Waals surface area contributed by atoms with Crippen LogP contribution in [0.2, 0.25) is 5.02 Å². The predicted octanol–water partition coefficient (Wildman–Crippen LogP) is 6.06. The van der Waals surface area contributed by atoms with Gasteiger partial charge in [0.15, 0.2) is 0 Å². The molecule has 2 rings (SSSR count). The Bertz CT molecular complexity index is 902. The molecule has 0 fully saturated rings. The van der Waals surface area contributed by atoms with Gasteiger partial charge in [-0.25, -0.2) is 4.39 Å². The molecule has 2 aromatic rings. The standard InChI is InChI=1S/C19H18ClF4NO2/c1-9-12(20)8-11(18(2,3)4)16(26)15(9)17(27)25-14-7-10(19(22,23)24)5-6-13(14)21/h5-8,26H,1-4H3,(H,25,27). The maximum absolute atomic E-state index is 13.9. The van der Waals surface area contributed by atoms with Gasteiger partial charge in [0, 0.05) is 10.6 Å². The number of benzene rings is 2. The lowest BCUT2D eigenvalue weighted by Gasteiger charge is -2.23. The molecule has 0 saturated carbocycles. The number of halogens is 5. The van der Waals surface area contributed by atoms with E-state index in [0.29, 0.717) is 23.8 Å². The second-order valence-corrected chi connectivity index (χ2v) is 7.56. The molecule has 27 heavy (non-hydrogen) atoms. The largest absolute Gasteiger partial charge is 0.507 e. The molecule has 0 aliphatic heterocycles. The van der Waals surface area contributed by atoms with Crippen molar-refractivity contribution < 1.29 is 27.5 Å². The highest BCUT2D eigenvalue weighted by molar-refractivity contribution is 6.32. The van der Waals surface area contributed by atoms with Crippen LogP contribution in [0.3, 0.4) is 0 Å². The topological polar surface area (TPSA) is 49.3 Å². The number of carbonyl (C=O) groups is 1. The van der Waals surface area contributed by atoms with Crippen LogP contribution < -0.4 is 5.32 Å². The van der Waals surface area contributed by atoms with Crippen molar-refractivity contribution in [3.63, 3.8) is 0 Å². The summed E-state index contributed by atoms with van der Waals surface area (Å²) in [5.74, 6) is -2.35. The molecule has 0 heterocycles. The molecule has 1 amide bonds. The smallest absolute Gasteiger partial charge is 0.416 e. The average Bonchev–Trinajstić information content (AvgIpc) is 2.51. The zero-order chi connectivity index (χ0) is 20.7. The van der Waals surface area contributed by atoms with Crippen LogP contribution in [0.4, 0.5) is 23.2 Å². The van der Waals surface area contributed by atoms with Crippen molar-refractivity contribution in [3.8, 4) is 5.75 Å². The van der Waals surface area contributed by atoms with E-state index >= 15 is 0 Å². The Morgan fingerprint density at radius 3 is 2.26 bits per heavy atom. The number of nitrogens with one attached hydrogen (secondary N) is 1. The first-order valence-corrected chi connectivity index (χ1v) is 8.32. The monoisotopic (exact) mass is 403 g/mol. The van der Waals surface area contributed by atoms with E-state index in [1.807, 2.05) is 0 Å². The molecule has 2 aromatic carbocycles. The number of alkyl halides is 3. The minimum atomic E-state index is -4.69. The first-order valence-electron chi connectivity index (χ1n) is 7.94. The van der Waals surface area contributed by atoms with Crippen molar-refractivity contribution >= 4 is 23.2 Å². The molecule has 0 radical (unpaired) electrons. The SMILES string of the molecule is Cc1c(Cl)cc(C(C)(C)C)c(O)c1C(=O)Nc1cc(C(F)(F)F)ccc1F. The van der Waals surface area contributed by atoms with E-state index in [1.54, 1.807) is 20.8 Å². The van der Waals surface area contributed by atoms with Crippen LogP contribution in [0.25, 0.3) is 0 Å². The highest BCUT2D eigenvalue weighted by Gasteiger charge is 2.32. The summed E-state index contributed by atoms with van der Waals surface area (Å²) in [4.78, 5) is 12.6. The summed E-state index contributed by atoms with van der Waals surface area (Å²) in [5, 5.41) is 12.8. The molecular weight excluding hydrogens is 386 g/mol. The lowest BCUT2D eigenvalue weighted by atomic mass is 9.84. The van der Waals surface area contributed by atoms with Crippen LogP contribution in [-0.2, 0) is 11.6 Å². The molecule has 0 spiro atoms. The zero-order valence-corrected chi connectivity index (χ0v) is 15.8. The van der Waals surface area contributed by atoms with Gasteiger partial charge in [0.05, 0.1) is 16.8 Å². The van der Waals surface area contributed by atoms with Crippen molar-refractivity contribution in [3.05, 3.63) is 57.4 Å². The Morgan fingerprint density at radius 1 is 1.15 bits per heavy atom. The number of phenols is 1. The van der Waals surface area contributed by atoms with Gasteiger partial charge >= 0.3 is 6.18 Å². The Labute approximate surface area is 159 Å². The van der Waals surface area contributed by atoms with Crippen molar-refractivity contribution in [2.45, 2.75) is 39.3 Å². The normalized spacial score (nSPS) is 12.2. The fourth-order valence-corrected chi connectivity index (χ4v) is 2.77. The fraction of sp³-hybridized carbons (Fsp3) is 0.316. The molecule has 0 saturated heterocycles. The van der Waals surface area contributed by atoms with E-state index in [4.69, 9.17) is 11.6 Å². The molecule has 146 valence electrons. The molecule has 0 atom stereocenters. The summed E-state index contributed by atoms with van der Waals surface area (Å²) in [7, 11) is 0. The fourth-order valence-electron chi connectivity index (χ4n) is 2.57. The maximum Gasteiger partial charge on any atom is 0.416 e. The summed E-state index contributed by atoms with van der Waals surface area (Å²) >= 11 is 6.15. The number of carbonyl (C=O) groups excluding carboxylic acids is 1. The van der Waals surface area contributed by atoms with E-state index in [2.05, 4.69) is 5.32 Å². The maximum atomic E-state index is 13.9. The van der Waals surface area contributed by atoms with E-state index in [0.717, 1.165) is 0 Å². The molecule has 0 aliphatic carbocycles. The van der Waals surface area contributed by atoms with Crippen LogP contribution >= 0.6 is 11.6 Å². The molecule has 0 unspecified atom stereocenters. The van der Waals surface area contributed by atoms with Gasteiger partial charge in [0.1, 0.15) is 11.6 Å². The van der Waals surface area contributed by atoms with Crippen molar-refractivity contribution in [1.29, 1.82) is 0 Å². The van der Waals surface area contributed by atoms with Crippen molar-refractivity contribution in [2.24, 2.45) is 0 Å². The minimum absolute atomic E-state index is 0.201. The Hall–Kier alpha value is -2.28. The summed E-state index contributed by atoms with van der Waals surface area (Å²) in [5.41, 5.74) is -1.92. The number of phenolic OH excluding ortho intramolecular Hbond substituents is 1. The van der Waals surface area contributed by atoms with Gasteiger partial charge in [-0.05, 0) is 42.2 Å². The Morgan fingerprint density at radius 2 is 1.74 bits per heavy atom. The predicted molar refractivity (Wildman–Crippen MR) is 95.9 cm³/mol. The van der Waals surface area contributed by atoms with Gasteiger partial charge in [-0.15, -0.1) is 0 Å². The number of amides is 1. The van der Waals surface area contributed by atoms with Gasteiger partial charge in [-0.1, -0.05) is 32.4 Å². The number of aromatic hydroxyl groups is 1. The van der Waals surface area contributed by atoms with Gasteiger partial charge in [-0.2, -0.15) is 13.2 Å². The third kappa shape index (κ3) is 4.35. The molecule has 0 bridgehead atoms. The highest BCUT2D eigenvalue weighted by atomic mass is 35.5. The third-order valence-electron chi connectivity index (χ3n) is 4.07. The summed E-state index contributed by atoms with van der Waals surface area (Å²) in [6.45, 7) is 6.86. The first-order chi connectivity index (χ1) is 12.2. The lowest BCUT2D eigenvalue weighted by molar-refractivity contribution is -0.137. The van der Waals surface area contributed by atoms with E-state index in [1.165, 1.54) is 13.0 Å². The van der Waals surface area contributed by atoms with Crippen LogP contribution in [-0.4, -0.2) is 11.0 Å². The third-order valence-corrected chi connectivity index (χ3v) is 4.47.